The molecule has 3 aliphatic rings. The van der Waals surface area contributed by atoms with E-state index in [9.17, 15) is 14.4 Å². The van der Waals surface area contributed by atoms with Gasteiger partial charge in [0.2, 0.25) is 18.2 Å². The van der Waals surface area contributed by atoms with Crippen LogP contribution in [0.15, 0.2) is 0 Å². The minimum absolute atomic E-state index is 0.0698. The van der Waals surface area contributed by atoms with Crippen LogP contribution in [0.5, 0.6) is 0 Å². The second-order valence-corrected chi connectivity index (χ2v) is 7.05. The first kappa shape index (κ1) is 16.3. The number of amides is 3. The fourth-order valence-electron chi connectivity index (χ4n) is 4.09. The van der Waals surface area contributed by atoms with Crippen LogP contribution in [0.25, 0.3) is 0 Å². The predicted octanol–water partition coefficient (Wildman–Crippen LogP) is 0.716. The molecule has 0 spiro atoms. The molecule has 2 aliphatic heterocycles. The van der Waals surface area contributed by atoms with E-state index in [2.05, 4.69) is 0 Å². The number of carbonyl (C=O) groups excluding carboxylic acids is 3. The van der Waals surface area contributed by atoms with E-state index in [0.29, 0.717) is 32.1 Å². The molecule has 0 aromatic rings. The fraction of sp³-hybridized carbons (Fsp3) is 0.824. The molecule has 6 nitrogen and oxygen atoms in total. The number of hydrogen-bond donors (Lipinski definition) is 0. The number of carbonyl (C=O) groups is 3. The molecule has 0 bridgehead atoms. The summed E-state index contributed by atoms with van der Waals surface area (Å²) in [4.78, 5) is 41.4. The zero-order valence-corrected chi connectivity index (χ0v) is 13.8. The molecule has 6 heteroatoms. The molecular weight excluding hydrogens is 294 g/mol. The van der Waals surface area contributed by atoms with Crippen molar-refractivity contribution in [3.8, 4) is 0 Å². The van der Waals surface area contributed by atoms with Gasteiger partial charge in [-0.1, -0.05) is 0 Å². The second-order valence-electron chi connectivity index (χ2n) is 7.05. The van der Waals surface area contributed by atoms with Gasteiger partial charge in [-0.2, -0.15) is 0 Å². The molecule has 128 valence electrons. The van der Waals surface area contributed by atoms with E-state index < -0.39 is 0 Å². The van der Waals surface area contributed by atoms with E-state index in [4.69, 9.17) is 0 Å². The summed E-state index contributed by atoms with van der Waals surface area (Å²) in [6.45, 7) is 4.39. The summed E-state index contributed by atoms with van der Waals surface area (Å²) in [5, 5.41) is 0. The monoisotopic (exact) mass is 321 g/mol. The van der Waals surface area contributed by atoms with Crippen molar-refractivity contribution in [2.45, 2.75) is 38.5 Å². The van der Waals surface area contributed by atoms with Gasteiger partial charge in [0.25, 0.3) is 0 Å². The van der Waals surface area contributed by atoms with Crippen LogP contribution < -0.4 is 0 Å². The summed E-state index contributed by atoms with van der Waals surface area (Å²) in [7, 11) is 0. The molecule has 1 saturated carbocycles. The van der Waals surface area contributed by atoms with Crippen LogP contribution >= 0.6 is 0 Å². The third kappa shape index (κ3) is 3.67. The van der Waals surface area contributed by atoms with Crippen molar-refractivity contribution in [3.63, 3.8) is 0 Å². The lowest BCUT2D eigenvalue weighted by Gasteiger charge is -2.36. The molecule has 2 saturated heterocycles. The average Bonchev–Trinajstić information content (AvgIpc) is 3.15. The van der Waals surface area contributed by atoms with Gasteiger partial charge < -0.3 is 14.7 Å². The molecule has 0 atom stereocenters. The summed E-state index contributed by atoms with van der Waals surface area (Å²) >= 11 is 0. The van der Waals surface area contributed by atoms with E-state index in [1.54, 1.807) is 4.90 Å². The van der Waals surface area contributed by atoms with Crippen molar-refractivity contribution in [2.24, 2.45) is 11.8 Å². The molecule has 0 aromatic heterocycles. The summed E-state index contributed by atoms with van der Waals surface area (Å²) in [6.07, 6.45) is 6.48. The zero-order valence-electron chi connectivity index (χ0n) is 13.8. The lowest BCUT2D eigenvalue weighted by Crippen LogP contribution is -2.50. The summed E-state index contributed by atoms with van der Waals surface area (Å²) in [6, 6.07) is 0. The van der Waals surface area contributed by atoms with Crippen LogP contribution in [0.4, 0.5) is 0 Å². The Balaban J connectivity index is 1.46. The maximum atomic E-state index is 12.6. The van der Waals surface area contributed by atoms with Gasteiger partial charge in [-0.05, 0) is 38.5 Å². The molecule has 3 fully saturated rings. The van der Waals surface area contributed by atoms with Crippen LogP contribution in [0.3, 0.4) is 0 Å². The number of nitrogens with zero attached hydrogens (tertiary/aromatic N) is 3. The van der Waals surface area contributed by atoms with Crippen LogP contribution in [0.2, 0.25) is 0 Å². The maximum Gasteiger partial charge on any atom is 0.225 e. The van der Waals surface area contributed by atoms with Gasteiger partial charge in [0.1, 0.15) is 0 Å². The van der Waals surface area contributed by atoms with Crippen molar-refractivity contribution < 1.29 is 14.4 Å². The molecule has 1 aliphatic carbocycles. The highest BCUT2D eigenvalue weighted by molar-refractivity contribution is 5.81. The van der Waals surface area contributed by atoms with Gasteiger partial charge in [-0.15, -0.1) is 0 Å². The van der Waals surface area contributed by atoms with Crippen molar-refractivity contribution in [1.29, 1.82) is 0 Å². The van der Waals surface area contributed by atoms with E-state index in [-0.39, 0.29) is 17.7 Å². The smallest absolute Gasteiger partial charge is 0.225 e. The number of piperazine rings is 1. The van der Waals surface area contributed by atoms with Gasteiger partial charge in [0.05, 0.1) is 0 Å². The van der Waals surface area contributed by atoms with E-state index >= 15 is 0 Å². The summed E-state index contributed by atoms with van der Waals surface area (Å²) in [5.41, 5.74) is 0. The molecule has 0 aromatic carbocycles. The molecule has 0 radical (unpaired) electrons. The van der Waals surface area contributed by atoms with Crippen molar-refractivity contribution >= 4 is 18.2 Å². The lowest BCUT2D eigenvalue weighted by atomic mass is 9.80. The minimum atomic E-state index is 0.0698. The molecule has 0 unspecified atom stereocenters. The SMILES string of the molecule is O=CN1CCN(C(=O)C2CCC(C(=O)N3CCCC3)CC2)CC1. The molecular formula is C17H27N3O3. The van der Waals surface area contributed by atoms with Gasteiger partial charge in [0, 0.05) is 51.1 Å². The summed E-state index contributed by atoms with van der Waals surface area (Å²) in [5.74, 6) is 0.736. The standard InChI is InChI=1S/C17H27N3O3/c21-13-18-9-11-20(12-10-18)17(23)15-5-3-14(4-6-15)16(22)19-7-1-2-8-19/h13-15H,1-12H2. The van der Waals surface area contributed by atoms with Crippen LogP contribution in [0.1, 0.15) is 38.5 Å². The minimum Gasteiger partial charge on any atom is -0.342 e. The number of hydrogen-bond acceptors (Lipinski definition) is 3. The van der Waals surface area contributed by atoms with Gasteiger partial charge >= 0.3 is 0 Å². The third-order valence-electron chi connectivity index (χ3n) is 5.62. The highest BCUT2D eigenvalue weighted by Crippen LogP contribution is 2.32. The molecule has 23 heavy (non-hydrogen) atoms. The maximum absolute atomic E-state index is 12.6. The molecule has 3 amide bonds. The molecule has 2 heterocycles. The van der Waals surface area contributed by atoms with Gasteiger partial charge in [-0.25, -0.2) is 0 Å². The lowest BCUT2D eigenvalue weighted by molar-refractivity contribution is -0.142. The average molecular weight is 321 g/mol. The Morgan fingerprint density at radius 3 is 1.57 bits per heavy atom. The Morgan fingerprint density at radius 1 is 0.696 bits per heavy atom. The quantitative estimate of drug-likeness (QED) is 0.720. The van der Waals surface area contributed by atoms with E-state index in [1.165, 1.54) is 0 Å². The highest BCUT2D eigenvalue weighted by Gasteiger charge is 2.35. The van der Waals surface area contributed by atoms with Crippen LogP contribution in [0, 0.1) is 11.8 Å². The molecule has 3 rings (SSSR count). The number of likely N-dealkylation sites (tertiary alicyclic amines) is 1. The first-order valence-corrected chi connectivity index (χ1v) is 8.96. The number of rotatable bonds is 3. The van der Waals surface area contributed by atoms with Crippen molar-refractivity contribution in [1.82, 2.24) is 14.7 Å². The van der Waals surface area contributed by atoms with Crippen molar-refractivity contribution in [2.75, 3.05) is 39.3 Å². The van der Waals surface area contributed by atoms with Crippen LogP contribution in [-0.4, -0.2) is 72.2 Å². The predicted molar refractivity (Wildman–Crippen MR) is 85.5 cm³/mol. The Bertz CT molecular complexity index is 446. The van der Waals surface area contributed by atoms with Crippen molar-refractivity contribution in [3.05, 3.63) is 0 Å². The van der Waals surface area contributed by atoms with E-state index in [0.717, 1.165) is 58.0 Å². The van der Waals surface area contributed by atoms with Crippen LogP contribution in [-0.2, 0) is 14.4 Å². The Kier molecular flexibility index (Phi) is 5.18. The van der Waals surface area contributed by atoms with Gasteiger partial charge in [0.15, 0.2) is 0 Å². The zero-order chi connectivity index (χ0) is 16.2. The third-order valence-corrected chi connectivity index (χ3v) is 5.62. The summed E-state index contributed by atoms with van der Waals surface area (Å²) < 4.78 is 0. The van der Waals surface area contributed by atoms with E-state index in [1.807, 2.05) is 9.80 Å². The largest absolute Gasteiger partial charge is 0.342 e. The second kappa shape index (κ2) is 7.32. The first-order chi connectivity index (χ1) is 11.2. The normalized spacial score (nSPS) is 28.8. The van der Waals surface area contributed by atoms with Gasteiger partial charge in [-0.3, -0.25) is 14.4 Å². The first-order valence-electron chi connectivity index (χ1n) is 8.96. The molecule has 0 N–H and O–H groups in total. The Morgan fingerprint density at radius 2 is 1.13 bits per heavy atom. The fourth-order valence-corrected chi connectivity index (χ4v) is 4.09. The topological polar surface area (TPSA) is 60.9 Å². The highest BCUT2D eigenvalue weighted by atomic mass is 16.2. The Hall–Kier alpha value is -1.59. The Labute approximate surface area is 137 Å².